The van der Waals surface area contributed by atoms with E-state index in [2.05, 4.69) is 24.1 Å². The Morgan fingerprint density at radius 2 is 1.80 bits per heavy atom. The third kappa shape index (κ3) is 5.57. The number of anilines is 1. The Morgan fingerprint density at radius 3 is 2.37 bits per heavy atom. The molecule has 0 aliphatic carbocycles. The fourth-order valence-corrected chi connectivity index (χ4v) is 4.13. The van der Waals surface area contributed by atoms with E-state index in [9.17, 15) is 13.2 Å². The van der Waals surface area contributed by atoms with E-state index in [4.69, 9.17) is 14.6 Å². The van der Waals surface area contributed by atoms with Gasteiger partial charge >= 0.3 is 0 Å². The van der Waals surface area contributed by atoms with E-state index in [1.165, 1.54) is 25.3 Å². The molecule has 1 aliphatic rings. The number of methoxy groups -OCH3 is 1. The molecule has 2 atom stereocenters. The normalized spacial score (nSPS) is 20.0. The minimum atomic E-state index is -3.90. The highest BCUT2D eigenvalue weighted by molar-refractivity contribution is 7.89. The molecule has 0 aromatic heterocycles. The van der Waals surface area contributed by atoms with Crippen LogP contribution >= 0.6 is 0 Å². The van der Waals surface area contributed by atoms with Gasteiger partial charge in [-0.1, -0.05) is 12.1 Å². The van der Waals surface area contributed by atoms with Crippen molar-refractivity contribution >= 4 is 21.6 Å². The summed E-state index contributed by atoms with van der Waals surface area (Å²) in [5.74, 6) is -0.0389. The molecule has 1 saturated heterocycles. The molecule has 3 rings (SSSR count). The number of sulfonamides is 1. The molecule has 30 heavy (non-hydrogen) atoms. The molecule has 0 spiro atoms. The summed E-state index contributed by atoms with van der Waals surface area (Å²) in [6.07, 6.45) is 0.392. The van der Waals surface area contributed by atoms with Crippen LogP contribution in [0.15, 0.2) is 47.4 Å². The maximum Gasteiger partial charge on any atom is 0.255 e. The first-order valence-electron chi connectivity index (χ1n) is 9.64. The van der Waals surface area contributed by atoms with Gasteiger partial charge in [0.2, 0.25) is 10.0 Å². The molecule has 1 fully saturated rings. The molecular weight excluding hydrogens is 406 g/mol. The highest BCUT2D eigenvalue weighted by Gasteiger charge is 2.22. The number of primary sulfonamides is 1. The van der Waals surface area contributed by atoms with Crippen LogP contribution in [-0.2, 0) is 21.3 Å². The van der Waals surface area contributed by atoms with Gasteiger partial charge in [0.25, 0.3) is 5.91 Å². The van der Waals surface area contributed by atoms with Crippen molar-refractivity contribution < 1.29 is 22.7 Å². The number of benzene rings is 2. The summed E-state index contributed by atoms with van der Waals surface area (Å²) in [5, 5.41) is 7.87. The van der Waals surface area contributed by atoms with Crippen LogP contribution in [0.5, 0.6) is 5.75 Å². The molecule has 2 unspecified atom stereocenters. The van der Waals surface area contributed by atoms with Crippen molar-refractivity contribution in [2.24, 2.45) is 5.14 Å². The van der Waals surface area contributed by atoms with Crippen LogP contribution in [0.25, 0.3) is 0 Å². The van der Waals surface area contributed by atoms with Crippen molar-refractivity contribution in [2.45, 2.75) is 37.5 Å². The van der Waals surface area contributed by atoms with Crippen LogP contribution < -0.4 is 15.2 Å². The predicted molar refractivity (Wildman–Crippen MR) is 114 cm³/mol. The summed E-state index contributed by atoms with van der Waals surface area (Å²) in [6, 6.07) is 11.4. The maximum atomic E-state index is 12.7. The van der Waals surface area contributed by atoms with Gasteiger partial charge in [-0.05, 0) is 49.7 Å². The van der Waals surface area contributed by atoms with Gasteiger partial charge in [-0.2, -0.15) is 0 Å². The van der Waals surface area contributed by atoms with Crippen molar-refractivity contribution in [3.05, 3.63) is 53.6 Å². The van der Waals surface area contributed by atoms with Crippen LogP contribution in [0.3, 0.4) is 0 Å². The summed E-state index contributed by atoms with van der Waals surface area (Å²) in [6.45, 7) is 6.65. The van der Waals surface area contributed by atoms with Gasteiger partial charge < -0.3 is 14.8 Å². The first kappa shape index (κ1) is 22.2. The van der Waals surface area contributed by atoms with E-state index in [0.717, 1.165) is 25.2 Å². The zero-order chi connectivity index (χ0) is 21.9. The van der Waals surface area contributed by atoms with Crippen LogP contribution in [0, 0.1) is 0 Å². The highest BCUT2D eigenvalue weighted by atomic mass is 32.2. The Hall–Kier alpha value is -2.46. The number of carbonyl (C=O) groups is 1. The number of amides is 1. The molecule has 1 heterocycles. The van der Waals surface area contributed by atoms with E-state index in [1.807, 2.05) is 12.1 Å². The number of nitrogens with one attached hydrogen (secondary N) is 1. The summed E-state index contributed by atoms with van der Waals surface area (Å²) in [5.41, 5.74) is 1.78. The lowest BCUT2D eigenvalue weighted by Crippen LogP contribution is -2.44. The molecule has 8 nitrogen and oxygen atoms in total. The molecule has 2 aromatic rings. The van der Waals surface area contributed by atoms with E-state index < -0.39 is 10.0 Å². The molecule has 2 aromatic carbocycles. The van der Waals surface area contributed by atoms with Crippen molar-refractivity contribution in [1.82, 2.24) is 4.90 Å². The smallest absolute Gasteiger partial charge is 0.255 e. The number of carbonyl (C=O) groups excluding carboxylic acids is 1. The maximum absolute atomic E-state index is 12.7. The SMILES string of the molecule is COc1ccc(S(N)(=O)=O)cc1NC(=O)c1ccc(CN2CC(C)OC(C)C2)cc1. The number of nitrogens with two attached hydrogens (primary N) is 1. The molecule has 162 valence electrons. The van der Waals surface area contributed by atoms with E-state index >= 15 is 0 Å². The average Bonchev–Trinajstić information content (AvgIpc) is 2.67. The Bertz CT molecular complexity index is 998. The Balaban J connectivity index is 1.71. The monoisotopic (exact) mass is 433 g/mol. The molecule has 3 N–H and O–H groups in total. The quantitative estimate of drug-likeness (QED) is 0.723. The highest BCUT2D eigenvalue weighted by Crippen LogP contribution is 2.27. The average molecular weight is 434 g/mol. The second kappa shape index (κ2) is 9.13. The summed E-state index contributed by atoms with van der Waals surface area (Å²) < 4.78 is 34.2. The van der Waals surface area contributed by atoms with Crippen molar-refractivity contribution in [1.29, 1.82) is 0 Å². The molecule has 1 aliphatic heterocycles. The zero-order valence-corrected chi connectivity index (χ0v) is 18.1. The van der Waals surface area contributed by atoms with E-state index in [1.54, 1.807) is 12.1 Å². The van der Waals surface area contributed by atoms with Gasteiger partial charge in [0.05, 0.1) is 29.9 Å². The minimum absolute atomic E-state index is 0.108. The Morgan fingerprint density at radius 1 is 1.17 bits per heavy atom. The van der Waals surface area contributed by atoms with Crippen LogP contribution in [0.4, 0.5) is 5.69 Å². The van der Waals surface area contributed by atoms with Crippen LogP contribution in [0.1, 0.15) is 29.8 Å². The standard InChI is InChI=1S/C21H27N3O5S/c1-14-11-24(12-15(2)29-14)13-16-4-6-17(7-5-16)21(25)23-19-10-18(30(22,26)27)8-9-20(19)28-3/h4-10,14-15H,11-13H2,1-3H3,(H,23,25)(H2,22,26,27). The van der Waals surface area contributed by atoms with Gasteiger partial charge in [-0.15, -0.1) is 0 Å². The number of ether oxygens (including phenoxy) is 2. The van der Waals surface area contributed by atoms with Gasteiger partial charge in [0, 0.05) is 25.2 Å². The summed E-state index contributed by atoms with van der Waals surface area (Å²) in [4.78, 5) is 14.9. The third-order valence-electron chi connectivity index (χ3n) is 4.87. The largest absolute Gasteiger partial charge is 0.495 e. The topological polar surface area (TPSA) is 111 Å². The van der Waals surface area contributed by atoms with Crippen molar-refractivity contribution in [3.8, 4) is 5.75 Å². The van der Waals surface area contributed by atoms with Gasteiger partial charge in [0.15, 0.2) is 0 Å². The fourth-order valence-electron chi connectivity index (χ4n) is 3.59. The predicted octanol–water partition coefficient (Wildman–Crippen LogP) is 2.20. The Kier molecular flexibility index (Phi) is 6.77. The lowest BCUT2D eigenvalue weighted by Gasteiger charge is -2.35. The molecule has 0 saturated carbocycles. The molecule has 0 bridgehead atoms. The molecule has 9 heteroatoms. The number of nitrogens with zero attached hydrogens (tertiary/aromatic N) is 1. The van der Waals surface area contributed by atoms with Crippen molar-refractivity contribution in [3.63, 3.8) is 0 Å². The third-order valence-corrected chi connectivity index (χ3v) is 5.78. The van der Waals surface area contributed by atoms with E-state index in [-0.39, 0.29) is 28.7 Å². The van der Waals surface area contributed by atoms with E-state index in [0.29, 0.717) is 11.3 Å². The lowest BCUT2D eigenvalue weighted by molar-refractivity contribution is -0.0704. The lowest BCUT2D eigenvalue weighted by atomic mass is 10.1. The first-order valence-corrected chi connectivity index (χ1v) is 11.2. The van der Waals surface area contributed by atoms with Gasteiger partial charge in [0.1, 0.15) is 5.75 Å². The van der Waals surface area contributed by atoms with Crippen molar-refractivity contribution in [2.75, 3.05) is 25.5 Å². The zero-order valence-electron chi connectivity index (χ0n) is 17.3. The van der Waals surface area contributed by atoms with Crippen LogP contribution in [0.2, 0.25) is 0 Å². The number of hydrogen-bond donors (Lipinski definition) is 2. The second-order valence-electron chi connectivity index (χ2n) is 7.51. The molecular formula is C21H27N3O5S. The number of rotatable bonds is 6. The second-order valence-corrected chi connectivity index (χ2v) is 9.07. The first-order chi connectivity index (χ1) is 14.2. The summed E-state index contributed by atoms with van der Waals surface area (Å²) in [7, 11) is -2.46. The number of hydrogen-bond acceptors (Lipinski definition) is 6. The molecule has 0 radical (unpaired) electrons. The van der Waals surface area contributed by atoms with Gasteiger partial charge in [-0.25, -0.2) is 13.6 Å². The Labute approximate surface area is 177 Å². The fraction of sp³-hybridized carbons (Fsp3) is 0.381. The van der Waals surface area contributed by atoms with Crippen LogP contribution in [-0.4, -0.2) is 51.6 Å². The number of morpholine rings is 1. The minimum Gasteiger partial charge on any atom is -0.495 e. The summed E-state index contributed by atoms with van der Waals surface area (Å²) >= 11 is 0. The van der Waals surface area contributed by atoms with Gasteiger partial charge in [-0.3, -0.25) is 9.69 Å². The molecule has 1 amide bonds.